The molecule has 126 valence electrons. The largest absolute Gasteiger partial charge is 0.367 e. The molecule has 5 atom stereocenters. The topological polar surface area (TPSA) is 41.6 Å². The van der Waals surface area contributed by atoms with E-state index in [4.69, 9.17) is 4.74 Å². The van der Waals surface area contributed by atoms with Gasteiger partial charge in [0.15, 0.2) is 0 Å². The molecule has 5 unspecified atom stereocenters. The highest BCUT2D eigenvalue weighted by Crippen LogP contribution is 2.34. The molecular weight excluding hydrogens is 308 g/mol. The molecule has 1 aromatic rings. The molecule has 4 rings (SSSR count). The van der Waals surface area contributed by atoms with Gasteiger partial charge < -0.3 is 15.0 Å². The minimum Gasteiger partial charge on any atom is -0.367 e. The molecule has 1 amide bonds. The number of carbonyl (C=O) groups excluding carboxylic acids is 1. The predicted molar refractivity (Wildman–Crippen MR) is 91.5 cm³/mol. The van der Waals surface area contributed by atoms with Gasteiger partial charge in [0.2, 0.25) is 5.91 Å². The van der Waals surface area contributed by atoms with Crippen molar-refractivity contribution >= 4 is 17.2 Å². The molecule has 2 saturated heterocycles. The molecule has 0 bridgehead atoms. The summed E-state index contributed by atoms with van der Waals surface area (Å²) in [6.07, 6.45) is 6.32. The Labute approximate surface area is 142 Å². The Morgan fingerprint density at radius 2 is 2.22 bits per heavy atom. The van der Waals surface area contributed by atoms with E-state index < -0.39 is 0 Å². The van der Waals surface area contributed by atoms with E-state index in [-0.39, 0.29) is 24.2 Å². The van der Waals surface area contributed by atoms with Gasteiger partial charge in [-0.05, 0) is 54.5 Å². The molecule has 1 N–H and O–H groups in total. The zero-order valence-corrected chi connectivity index (χ0v) is 14.6. The maximum Gasteiger partial charge on any atom is 0.239 e. The smallest absolute Gasteiger partial charge is 0.239 e. The van der Waals surface area contributed by atoms with Crippen molar-refractivity contribution in [3.05, 3.63) is 22.4 Å². The summed E-state index contributed by atoms with van der Waals surface area (Å²) in [4.78, 5) is 15.0. The van der Waals surface area contributed by atoms with Crippen LogP contribution in [0.2, 0.25) is 0 Å². The number of rotatable bonds is 2. The van der Waals surface area contributed by atoms with E-state index in [0.717, 1.165) is 6.42 Å². The molecule has 2 aliphatic heterocycles. The highest BCUT2D eigenvalue weighted by molar-refractivity contribution is 7.07. The van der Waals surface area contributed by atoms with Crippen LogP contribution < -0.4 is 5.32 Å². The van der Waals surface area contributed by atoms with Crippen LogP contribution in [-0.2, 0) is 9.53 Å². The summed E-state index contributed by atoms with van der Waals surface area (Å²) in [5.74, 6) is 0.999. The minimum absolute atomic E-state index is 0.0246. The summed E-state index contributed by atoms with van der Waals surface area (Å²) >= 11 is 1.69. The first-order chi connectivity index (χ1) is 11.2. The van der Waals surface area contributed by atoms with E-state index in [1.165, 1.54) is 31.2 Å². The molecule has 3 aliphatic rings. The Morgan fingerprint density at radius 1 is 1.35 bits per heavy atom. The van der Waals surface area contributed by atoms with Crippen LogP contribution in [0.15, 0.2) is 16.8 Å². The summed E-state index contributed by atoms with van der Waals surface area (Å²) in [6.45, 7) is 3.47. The molecule has 0 spiro atoms. The number of ether oxygens (including phenoxy) is 1. The van der Waals surface area contributed by atoms with Gasteiger partial charge in [-0.2, -0.15) is 11.3 Å². The predicted octanol–water partition coefficient (Wildman–Crippen LogP) is 2.96. The Kier molecular flexibility index (Phi) is 4.43. The standard InChI is InChI=1S/C18H26N2O2S/c1-12-9-20(10-17(22-12)14-6-7-23-11-14)18(21)16-8-13-4-2-3-5-15(13)19-16/h6-7,11-13,15-17,19H,2-5,8-10H2,1H3. The van der Waals surface area contributed by atoms with E-state index in [2.05, 4.69) is 29.1 Å². The van der Waals surface area contributed by atoms with Gasteiger partial charge >= 0.3 is 0 Å². The van der Waals surface area contributed by atoms with Crippen LogP contribution in [0.3, 0.4) is 0 Å². The van der Waals surface area contributed by atoms with Gasteiger partial charge in [-0.15, -0.1) is 0 Å². The first kappa shape index (κ1) is 15.6. The van der Waals surface area contributed by atoms with Gasteiger partial charge in [0, 0.05) is 12.6 Å². The van der Waals surface area contributed by atoms with E-state index in [9.17, 15) is 4.79 Å². The third kappa shape index (κ3) is 3.19. The fourth-order valence-electron chi connectivity index (χ4n) is 4.50. The first-order valence-electron chi connectivity index (χ1n) is 8.93. The third-order valence-corrected chi connectivity index (χ3v) is 6.35. The van der Waals surface area contributed by atoms with Crippen molar-refractivity contribution in [3.63, 3.8) is 0 Å². The monoisotopic (exact) mass is 334 g/mol. The number of hydrogen-bond donors (Lipinski definition) is 1. The van der Waals surface area contributed by atoms with E-state index in [1.54, 1.807) is 11.3 Å². The second-order valence-corrected chi connectivity index (χ2v) is 8.12. The van der Waals surface area contributed by atoms with Crippen LogP contribution in [0.1, 0.15) is 50.7 Å². The number of morpholine rings is 1. The summed E-state index contributed by atoms with van der Waals surface area (Å²) in [7, 11) is 0. The maximum atomic E-state index is 13.0. The Morgan fingerprint density at radius 3 is 3.00 bits per heavy atom. The van der Waals surface area contributed by atoms with Crippen molar-refractivity contribution in [2.45, 2.75) is 63.3 Å². The van der Waals surface area contributed by atoms with Gasteiger partial charge in [-0.1, -0.05) is 12.8 Å². The van der Waals surface area contributed by atoms with Crippen LogP contribution in [0.5, 0.6) is 0 Å². The number of nitrogens with zero attached hydrogens (tertiary/aromatic N) is 1. The lowest BCUT2D eigenvalue weighted by molar-refractivity contribution is -0.146. The molecule has 1 aliphatic carbocycles. The second-order valence-electron chi connectivity index (χ2n) is 7.34. The van der Waals surface area contributed by atoms with Gasteiger partial charge in [0.1, 0.15) is 6.10 Å². The molecule has 1 aromatic heterocycles. The van der Waals surface area contributed by atoms with E-state index in [1.807, 2.05) is 4.90 Å². The molecule has 3 heterocycles. The van der Waals surface area contributed by atoms with Crippen LogP contribution in [0, 0.1) is 5.92 Å². The van der Waals surface area contributed by atoms with Crippen molar-refractivity contribution < 1.29 is 9.53 Å². The molecule has 0 radical (unpaired) electrons. The lowest BCUT2D eigenvalue weighted by atomic mass is 9.85. The minimum atomic E-state index is 0.0246. The summed E-state index contributed by atoms with van der Waals surface area (Å²) in [6, 6.07) is 2.71. The third-order valence-electron chi connectivity index (χ3n) is 5.65. The number of fused-ring (bicyclic) bond motifs is 1. The van der Waals surface area contributed by atoms with Gasteiger partial charge in [0.25, 0.3) is 0 Å². The fourth-order valence-corrected chi connectivity index (χ4v) is 5.21. The Bertz CT molecular complexity index is 533. The zero-order chi connectivity index (χ0) is 15.8. The fraction of sp³-hybridized carbons (Fsp3) is 0.722. The number of thiophene rings is 1. The van der Waals surface area contributed by atoms with Crippen LogP contribution >= 0.6 is 11.3 Å². The maximum absolute atomic E-state index is 13.0. The number of carbonyl (C=O) groups is 1. The van der Waals surface area contributed by atoms with E-state index in [0.29, 0.717) is 25.0 Å². The molecule has 0 aromatic carbocycles. The highest BCUT2D eigenvalue weighted by atomic mass is 32.1. The second kappa shape index (κ2) is 6.54. The lowest BCUT2D eigenvalue weighted by Crippen LogP contribution is -2.52. The average molecular weight is 334 g/mol. The van der Waals surface area contributed by atoms with Crippen molar-refractivity contribution in [2.75, 3.05) is 13.1 Å². The molecule has 4 nitrogen and oxygen atoms in total. The normalized spacial score (nSPS) is 37.6. The zero-order valence-electron chi connectivity index (χ0n) is 13.7. The summed E-state index contributed by atoms with van der Waals surface area (Å²) in [5.41, 5.74) is 1.20. The number of hydrogen-bond acceptors (Lipinski definition) is 4. The summed E-state index contributed by atoms with van der Waals surface area (Å²) < 4.78 is 6.06. The Balaban J connectivity index is 1.43. The van der Waals surface area contributed by atoms with Crippen LogP contribution in [-0.4, -0.2) is 42.1 Å². The quantitative estimate of drug-likeness (QED) is 0.904. The van der Waals surface area contributed by atoms with Crippen molar-refractivity contribution in [1.29, 1.82) is 0 Å². The highest BCUT2D eigenvalue weighted by Gasteiger charge is 2.41. The number of nitrogens with one attached hydrogen (secondary N) is 1. The van der Waals surface area contributed by atoms with Gasteiger partial charge in [-0.3, -0.25) is 4.79 Å². The summed E-state index contributed by atoms with van der Waals surface area (Å²) in [5, 5.41) is 7.83. The SMILES string of the molecule is CC1CN(C(=O)C2CC3CCCCC3N2)CC(c2ccsc2)O1. The molecule has 5 heteroatoms. The van der Waals surface area contributed by atoms with Gasteiger partial charge in [-0.25, -0.2) is 0 Å². The lowest BCUT2D eigenvalue weighted by Gasteiger charge is -2.38. The van der Waals surface area contributed by atoms with E-state index >= 15 is 0 Å². The number of amides is 1. The van der Waals surface area contributed by atoms with Crippen molar-refractivity contribution in [2.24, 2.45) is 5.92 Å². The Hall–Kier alpha value is -0.910. The molecule has 1 saturated carbocycles. The van der Waals surface area contributed by atoms with Crippen LogP contribution in [0.25, 0.3) is 0 Å². The van der Waals surface area contributed by atoms with Crippen molar-refractivity contribution in [3.8, 4) is 0 Å². The van der Waals surface area contributed by atoms with Crippen LogP contribution in [0.4, 0.5) is 0 Å². The first-order valence-corrected chi connectivity index (χ1v) is 9.87. The average Bonchev–Trinajstić information content (AvgIpc) is 3.22. The van der Waals surface area contributed by atoms with Crippen molar-refractivity contribution in [1.82, 2.24) is 10.2 Å². The molecule has 3 fully saturated rings. The van der Waals surface area contributed by atoms with Gasteiger partial charge in [0.05, 0.1) is 18.7 Å². The molecular formula is C18H26N2O2S. The molecule has 23 heavy (non-hydrogen) atoms.